The van der Waals surface area contributed by atoms with Gasteiger partial charge in [0.05, 0.1) is 6.54 Å². The van der Waals surface area contributed by atoms with Crippen molar-refractivity contribution in [2.45, 2.75) is 32.9 Å². The van der Waals surface area contributed by atoms with Gasteiger partial charge in [0, 0.05) is 13.1 Å². The van der Waals surface area contributed by atoms with Crippen LogP contribution in [0.3, 0.4) is 0 Å². The van der Waals surface area contributed by atoms with Crippen molar-refractivity contribution in [2.75, 3.05) is 24.5 Å². The average Bonchev–Trinajstić information content (AvgIpc) is 2.84. The Morgan fingerprint density at radius 3 is 3.06 bits per heavy atom. The van der Waals surface area contributed by atoms with E-state index in [9.17, 15) is 4.79 Å². The van der Waals surface area contributed by atoms with Crippen molar-refractivity contribution in [1.82, 2.24) is 20.8 Å². The molecule has 0 aromatic carbocycles. The lowest BCUT2D eigenvalue weighted by molar-refractivity contribution is -0.123. The van der Waals surface area contributed by atoms with E-state index in [2.05, 4.69) is 20.8 Å². The Labute approximate surface area is 106 Å². The minimum Gasteiger partial charge on any atom is -0.407 e. The molecule has 0 aliphatic carbocycles. The zero-order chi connectivity index (χ0) is 13.0. The highest BCUT2D eigenvalue weighted by molar-refractivity contribution is 5.85. The zero-order valence-electron chi connectivity index (χ0n) is 10.8. The number of nitrogens with zero attached hydrogens (tertiary/aromatic N) is 3. The number of hydrogen-bond acceptors (Lipinski definition) is 6. The van der Waals surface area contributed by atoms with Gasteiger partial charge in [-0.3, -0.25) is 4.79 Å². The second-order valence-electron chi connectivity index (χ2n) is 4.17. The SMILES string of the molecule is CCNCc1nnc(N2CCNC(=O)C2CC)o1. The van der Waals surface area contributed by atoms with Crippen LogP contribution in [0.4, 0.5) is 6.01 Å². The van der Waals surface area contributed by atoms with Crippen molar-refractivity contribution >= 4 is 11.9 Å². The van der Waals surface area contributed by atoms with Crippen LogP contribution in [0, 0.1) is 0 Å². The zero-order valence-corrected chi connectivity index (χ0v) is 10.8. The van der Waals surface area contributed by atoms with Crippen molar-refractivity contribution in [1.29, 1.82) is 0 Å². The summed E-state index contributed by atoms with van der Waals surface area (Å²) in [5.41, 5.74) is 0. The first-order valence-electron chi connectivity index (χ1n) is 6.33. The molecule has 0 spiro atoms. The highest BCUT2D eigenvalue weighted by Gasteiger charge is 2.31. The van der Waals surface area contributed by atoms with Gasteiger partial charge in [-0.25, -0.2) is 0 Å². The predicted molar refractivity (Wildman–Crippen MR) is 66.1 cm³/mol. The number of rotatable bonds is 5. The van der Waals surface area contributed by atoms with Gasteiger partial charge in [-0.2, -0.15) is 0 Å². The molecule has 1 aromatic rings. The summed E-state index contributed by atoms with van der Waals surface area (Å²) < 4.78 is 5.57. The molecule has 1 aliphatic heterocycles. The third-order valence-corrected chi connectivity index (χ3v) is 2.95. The molecule has 1 amide bonds. The van der Waals surface area contributed by atoms with Crippen LogP contribution in [0.25, 0.3) is 0 Å². The Bertz CT molecular complexity index is 406. The fraction of sp³-hybridized carbons (Fsp3) is 0.727. The van der Waals surface area contributed by atoms with Crippen LogP contribution in [0.2, 0.25) is 0 Å². The van der Waals surface area contributed by atoms with Crippen molar-refractivity contribution in [3.8, 4) is 0 Å². The maximum Gasteiger partial charge on any atom is 0.318 e. The van der Waals surface area contributed by atoms with Crippen molar-refractivity contribution < 1.29 is 9.21 Å². The molecule has 0 radical (unpaired) electrons. The van der Waals surface area contributed by atoms with Gasteiger partial charge in [-0.05, 0) is 13.0 Å². The highest BCUT2D eigenvalue weighted by atomic mass is 16.4. The van der Waals surface area contributed by atoms with E-state index in [0.29, 0.717) is 31.5 Å². The summed E-state index contributed by atoms with van der Waals surface area (Å²) in [7, 11) is 0. The van der Waals surface area contributed by atoms with E-state index in [0.717, 1.165) is 13.0 Å². The Morgan fingerprint density at radius 2 is 2.33 bits per heavy atom. The second-order valence-corrected chi connectivity index (χ2v) is 4.17. The molecule has 18 heavy (non-hydrogen) atoms. The van der Waals surface area contributed by atoms with E-state index in [1.165, 1.54) is 0 Å². The number of carbonyl (C=O) groups is 1. The summed E-state index contributed by atoms with van der Waals surface area (Å²) >= 11 is 0. The minimum absolute atomic E-state index is 0.0233. The topological polar surface area (TPSA) is 83.3 Å². The molecule has 1 saturated heterocycles. The number of piperazine rings is 1. The molecule has 7 nitrogen and oxygen atoms in total. The van der Waals surface area contributed by atoms with E-state index in [4.69, 9.17) is 4.42 Å². The molecule has 2 N–H and O–H groups in total. The van der Waals surface area contributed by atoms with Crippen molar-refractivity contribution in [2.24, 2.45) is 0 Å². The molecular formula is C11H19N5O2. The molecule has 1 aliphatic rings. The molecule has 2 heterocycles. The number of hydrogen-bond donors (Lipinski definition) is 2. The quantitative estimate of drug-likeness (QED) is 0.762. The molecular weight excluding hydrogens is 234 g/mol. The maximum absolute atomic E-state index is 11.7. The average molecular weight is 253 g/mol. The first kappa shape index (κ1) is 12.8. The fourth-order valence-electron chi connectivity index (χ4n) is 2.01. The van der Waals surface area contributed by atoms with Gasteiger partial charge in [0.25, 0.3) is 0 Å². The van der Waals surface area contributed by atoms with Crippen LogP contribution >= 0.6 is 0 Å². The number of carbonyl (C=O) groups excluding carboxylic acids is 1. The largest absolute Gasteiger partial charge is 0.407 e. The molecule has 1 unspecified atom stereocenters. The van der Waals surface area contributed by atoms with Crippen LogP contribution in [-0.4, -0.2) is 41.8 Å². The monoisotopic (exact) mass is 253 g/mol. The molecule has 7 heteroatoms. The maximum atomic E-state index is 11.7. The fourth-order valence-corrected chi connectivity index (χ4v) is 2.01. The molecule has 0 bridgehead atoms. The van der Waals surface area contributed by atoms with Crippen LogP contribution in [0.5, 0.6) is 0 Å². The van der Waals surface area contributed by atoms with E-state index < -0.39 is 0 Å². The molecule has 2 rings (SSSR count). The van der Waals surface area contributed by atoms with Crippen molar-refractivity contribution in [3.05, 3.63) is 5.89 Å². The van der Waals surface area contributed by atoms with Gasteiger partial charge in [-0.1, -0.05) is 18.9 Å². The summed E-state index contributed by atoms with van der Waals surface area (Å²) in [5, 5.41) is 13.9. The summed E-state index contributed by atoms with van der Waals surface area (Å²) in [6.07, 6.45) is 0.719. The third-order valence-electron chi connectivity index (χ3n) is 2.95. The van der Waals surface area contributed by atoms with Gasteiger partial charge >= 0.3 is 6.01 Å². The lowest BCUT2D eigenvalue weighted by atomic mass is 10.1. The second kappa shape index (κ2) is 5.81. The van der Waals surface area contributed by atoms with Crippen LogP contribution < -0.4 is 15.5 Å². The van der Waals surface area contributed by atoms with E-state index in [1.807, 2.05) is 18.7 Å². The van der Waals surface area contributed by atoms with Gasteiger partial charge in [0.1, 0.15) is 6.04 Å². The number of anilines is 1. The van der Waals surface area contributed by atoms with Gasteiger partial charge < -0.3 is 20.0 Å². The van der Waals surface area contributed by atoms with Crippen molar-refractivity contribution in [3.63, 3.8) is 0 Å². The Kier molecular flexibility index (Phi) is 4.14. The van der Waals surface area contributed by atoms with E-state index >= 15 is 0 Å². The van der Waals surface area contributed by atoms with Crippen LogP contribution in [-0.2, 0) is 11.3 Å². The lowest BCUT2D eigenvalue weighted by Crippen LogP contribution is -2.55. The minimum atomic E-state index is -0.216. The Hall–Kier alpha value is -1.63. The Morgan fingerprint density at radius 1 is 1.50 bits per heavy atom. The molecule has 1 fully saturated rings. The number of aromatic nitrogens is 2. The summed E-state index contributed by atoms with van der Waals surface area (Å²) in [5.74, 6) is 0.572. The molecule has 1 aromatic heterocycles. The predicted octanol–water partition coefficient (Wildman–Crippen LogP) is -0.106. The number of nitrogens with one attached hydrogen (secondary N) is 2. The van der Waals surface area contributed by atoms with Gasteiger partial charge in [-0.15, -0.1) is 5.10 Å². The highest BCUT2D eigenvalue weighted by Crippen LogP contribution is 2.18. The summed E-state index contributed by atoms with van der Waals surface area (Å²) in [4.78, 5) is 13.6. The standard InChI is InChI=1S/C11H19N5O2/c1-3-8-10(17)13-5-6-16(8)11-15-14-9(18-11)7-12-4-2/h8,12H,3-7H2,1-2H3,(H,13,17). The number of amides is 1. The summed E-state index contributed by atoms with van der Waals surface area (Å²) in [6, 6.07) is 0.218. The van der Waals surface area contributed by atoms with Crippen LogP contribution in [0.15, 0.2) is 4.42 Å². The Balaban J connectivity index is 2.09. The van der Waals surface area contributed by atoms with Gasteiger partial charge in [0.15, 0.2) is 0 Å². The first-order chi connectivity index (χ1) is 8.76. The van der Waals surface area contributed by atoms with E-state index in [1.54, 1.807) is 0 Å². The summed E-state index contributed by atoms with van der Waals surface area (Å²) in [6.45, 7) is 6.70. The lowest BCUT2D eigenvalue weighted by Gasteiger charge is -2.32. The van der Waals surface area contributed by atoms with Crippen LogP contribution in [0.1, 0.15) is 26.2 Å². The first-order valence-corrected chi connectivity index (χ1v) is 6.33. The third kappa shape index (κ3) is 2.61. The normalized spacial score (nSPS) is 20.0. The van der Waals surface area contributed by atoms with E-state index in [-0.39, 0.29) is 11.9 Å². The van der Waals surface area contributed by atoms with Gasteiger partial charge in [0.2, 0.25) is 11.8 Å². The molecule has 0 saturated carbocycles. The smallest absolute Gasteiger partial charge is 0.318 e. The molecule has 100 valence electrons. The molecule has 1 atom stereocenters.